The highest BCUT2D eigenvalue weighted by Crippen LogP contribution is 2.43. The first-order valence-corrected chi connectivity index (χ1v) is 10.3. The smallest absolute Gasteiger partial charge is 0.191 e. The number of halogens is 1. The largest absolute Gasteiger partial charge is 0.385 e. The number of nitrogens with one attached hydrogen (secondary N) is 2. The molecule has 0 aromatic rings. The molecule has 1 aliphatic carbocycles. The number of methoxy groups -OCH3 is 1. The summed E-state index contributed by atoms with van der Waals surface area (Å²) < 4.78 is 5.31. The summed E-state index contributed by atoms with van der Waals surface area (Å²) in [5.74, 6) is 0.969. The Bertz CT molecular complexity index is 418. The van der Waals surface area contributed by atoms with Gasteiger partial charge in [0.05, 0.1) is 6.54 Å². The van der Waals surface area contributed by atoms with Gasteiger partial charge in [-0.1, -0.05) is 12.8 Å². The topological polar surface area (TPSA) is 48.9 Å². The standard InChI is InChI=1S/C20H40N4O.HI/c1-5-21-18(23-17-20(10-9-11-20)12-15-25-4)22-16-19(2,3)24-13-7-6-8-14-24;/h5-17H2,1-4H3,(H2,21,22,23);1H. The van der Waals surface area contributed by atoms with Crippen molar-refractivity contribution in [3.05, 3.63) is 0 Å². The van der Waals surface area contributed by atoms with E-state index in [0.717, 1.165) is 38.6 Å². The Morgan fingerprint density at radius 2 is 1.81 bits per heavy atom. The van der Waals surface area contributed by atoms with E-state index in [9.17, 15) is 0 Å². The molecule has 0 radical (unpaired) electrons. The predicted octanol–water partition coefficient (Wildman–Crippen LogP) is 3.63. The van der Waals surface area contributed by atoms with Gasteiger partial charge in [0.2, 0.25) is 0 Å². The highest BCUT2D eigenvalue weighted by atomic mass is 127. The van der Waals surface area contributed by atoms with Gasteiger partial charge in [0.1, 0.15) is 0 Å². The summed E-state index contributed by atoms with van der Waals surface area (Å²) in [6.07, 6.45) is 9.14. The van der Waals surface area contributed by atoms with E-state index in [4.69, 9.17) is 9.73 Å². The van der Waals surface area contributed by atoms with Crippen LogP contribution in [0.1, 0.15) is 65.7 Å². The summed E-state index contributed by atoms with van der Waals surface area (Å²) in [6.45, 7) is 12.8. The molecule has 1 heterocycles. The second-order valence-corrected chi connectivity index (χ2v) is 8.51. The average molecular weight is 480 g/mol. The van der Waals surface area contributed by atoms with Crippen LogP contribution in [0.15, 0.2) is 4.99 Å². The van der Waals surface area contributed by atoms with E-state index >= 15 is 0 Å². The van der Waals surface area contributed by atoms with Gasteiger partial charge < -0.3 is 15.4 Å². The molecule has 0 aromatic heterocycles. The number of ether oxygens (including phenoxy) is 1. The van der Waals surface area contributed by atoms with Gasteiger partial charge in [0.15, 0.2) is 5.96 Å². The second kappa shape index (κ2) is 11.7. The molecule has 1 saturated carbocycles. The summed E-state index contributed by atoms with van der Waals surface area (Å²) in [6, 6.07) is 0. The summed E-state index contributed by atoms with van der Waals surface area (Å²) in [5, 5.41) is 7.04. The van der Waals surface area contributed by atoms with Crippen LogP contribution >= 0.6 is 24.0 Å². The molecule has 5 nitrogen and oxygen atoms in total. The molecule has 2 aliphatic rings. The number of likely N-dealkylation sites (tertiary alicyclic amines) is 1. The van der Waals surface area contributed by atoms with E-state index in [2.05, 4.69) is 36.3 Å². The Balaban J connectivity index is 0.00000338. The third-order valence-electron chi connectivity index (χ3n) is 6.06. The van der Waals surface area contributed by atoms with Gasteiger partial charge in [-0.05, 0) is 71.4 Å². The lowest BCUT2D eigenvalue weighted by molar-refractivity contribution is 0.0731. The van der Waals surface area contributed by atoms with Crippen LogP contribution < -0.4 is 10.6 Å². The third-order valence-corrected chi connectivity index (χ3v) is 6.06. The maximum atomic E-state index is 5.31. The van der Waals surface area contributed by atoms with Crippen LogP contribution in [0.4, 0.5) is 0 Å². The first-order chi connectivity index (χ1) is 12.0. The number of hydrogen-bond acceptors (Lipinski definition) is 3. The van der Waals surface area contributed by atoms with Gasteiger partial charge in [-0.3, -0.25) is 9.89 Å². The second-order valence-electron chi connectivity index (χ2n) is 8.51. The molecular weight excluding hydrogens is 439 g/mol. The van der Waals surface area contributed by atoms with Crippen molar-refractivity contribution in [2.75, 3.05) is 46.4 Å². The SMILES string of the molecule is CCNC(=NCC(C)(C)N1CCCCC1)NCC1(CCOC)CCC1.I. The number of piperidine rings is 1. The van der Waals surface area contributed by atoms with E-state index in [1.54, 1.807) is 7.11 Å². The molecule has 0 aromatic carbocycles. The number of rotatable bonds is 9. The molecule has 0 bridgehead atoms. The van der Waals surface area contributed by atoms with Gasteiger partial charge in [0.25, 0.3) is 0 Å². The molecule has 1 aliphatic heterocycles. The molecule has 0 amide bonds. The molecule has 154 valence electrons. The fourth-order valence-corrected chi connectivity index (χ4v) is 4.00. The monoisotopic (exact) mass is 480 g/mol. The van der Waals surface area contributed by atoms with Gasteiger partial charge >= 0.3 is 0 Å². The minimum Gasteiger partial charge on any atom is -0.385 e. The molecule has 0 atom stereocenters. The average Bonchev–Trinajstić information content (AvgIpc) is 2.59. The Morgan fingerprint density at radius 3 is 2.35 bits per heavy atom. The zero-order valence-electron chi connectivity index (χ0n) is 17.4. The van der Waals surface area contributed by atoms with E-state index < -0.39 is 0 Å². The van der Waals surface area contributed by atoms with Crippen molar-refractivity contribution >= 4 is 29.9 Å². The lowest BCUT2D eigenvalue weighted by Gasteiger charge is -2.42. The Hall–Kier alpha value is -0.0800. The Kier molecular flexibility index (Phi) is 10.8. The minimum atomic E-state index is 0. The zero-order valence-corrected chi connectivity index (χ0v) is 19.7. The van der Waals surface area contributed by atoms with E-state index in [-0.39, 0.29) is 29.5 Å². The van der Waals surface area contributed by atoms with Crippen molar-refractivity contribution in [1.29, 1.82) is 0 Å². The lowest BCUT2D eigenvalue weighted by atomic mass is 9.67. The molecule has 6 heteroatoms. The molecular formula is C20H41IN4O. The maximum Gasteiger partial charge on any atom is 0.191 e. The van der Waals surface area contributed by atoms with Gasteiger partial charge in [-0.2, -0.15) is 0 Å². The van der Waals surface area contributed by atoms with Crippen LogP contribution in [-0.4, -0.2) is 62.8 Å². The highest BCUT2D eigenvalue weighted by molar-refractivity contribution is 14.0. The van der Waals surface area contributed by atoms with Gasteiger partial charge in [-0.15, -0.1) is 24.0 Å². The molecule has 26 heavy (non-hydrogen) atoms. The first-order valence-electron chi connectivity index (χ1n) is 10.3. The van der Waals surface area contributed by atoms with Crippen LogP contribution in [0.5, 0.6) is 0 Å². The third kappa shape index (κ3) is 7.15. The normalized spacial score (nSPS) is 20.8. The van der Waals surface area contributed by atoms with E-state index in [1.165, 1.54) is 51.6 Å². The molecule has 2 fully saturated rings. The Morgan fingerprint density at radius 1 is 1.12 bits per heavy atom. The zero-order chi connectivity index (χ0) is 18.2. The molecule has 2 rings (SSSR count). The summed E-state index contributed by atoms with van der Waals surface area (Å²) in [4.78, 5) is 7.53. The van der Waals surface area contributed by atoms with E-state index in [0.29, 0.717) is 5.41 Å². The van der Waals surface area contributed by atoms with Crippen LogP contribution in [0.3, 0.4) is 0 Å². The van der Waals surface area contributed by atoms with Crippen LogP contribution in [-0.2, 0) is 4.74 Å². The molecule has 1 saturated heterocycles. The fourth-order valence-electron chi connectivity index (χ4n) is 4.00. The number of nitrogens with zero attached hydrogens (tertiary/aromatic N) is 2. The number of hydrogen-bond donors (Lipinski definition) is 2. The quantitative estimate of drug-likeness (QED) is 0.301. The van der Waals surface area contributed by atoms with Crippen molar-refractivity contribution in [1.82, 2.24) is 15.5 Å². The van der Waals surface area contributed by atoms with Crippen LogP contribution in [0.25, 0.3) is 0 Å². The Labute approximate surface area is 178 Å². The van der Waals surface area contributed by atoms with Gasteiger partial charge in [0, 0.05) is 32.3 Å². The van der Waals surface area contributed by atoms with Crippen LogP contribution in [0, 0.1) is 5.41 Å². The summed E-state index contributed by atoms with van der Waals surface area (Å²) in [7, 11) is 1.80. The van der Waals surface area contributed by atoms with Crippen molar-refractivity contribution in [3.63, 3.8) is 0 Å². The van der Waals surface area contributed by atoms with Crippen molar-refractivity contribution in [2.45, 2.75) is 71.3 Å². The highest BCUT2D eigenvalue weighted by Gasteiger charge is 2.36. The lowest BCUT2D eigenvalue weighted by Crippen LogP contribution is -2.50. The summed E-state index contributed by atoms with van der Waals surface area (Å²) in [5.41, 5.74) is 0.543. The van der Waals surface area contributed by atoms with Crippen molar-refractivity contribution < 1.29 is 4.74 Å². The maximum absolute atomic E-state index is 5.31. The van der Waals surface area contributed by atoms with E-state index in [1.807, 2.05) is 0 Å². The number of aliphatic imine (C=N–C) groups is 1. The van der Waals surface area contributed by atoms with Gasteiger partial charge in [-0.25, -0.2) is 0 Å². The first kappa shape index (κ1) is 24.0. The minimum absolute atomic E-state index is 0. The predicted molar refractivity (Wildman–Crippen MR) is 122 cm³/mol. The van der Waals surface area contributed by atoms with Crippen molar-refractivity contribution in [2.24, 2.45) is 10.4 Å². The molecule has 2 N–H and O–H groups in total. The van der Waals surface area contributed by atoms with Crippen molar-refractivity contribution in [3.8, 4) is 0 Å². The molecule has 0 unspecified atom stereocenters. The van der Waals surface area contributed by atoms with Crippen LogP contribution in [0.2, 0.25) is 0 Å². The fraction of sp³-hybridized carbons (Fsp3) is 0.950. The number of guanidine groups is 1. The molecule has 0 spiro atoms. The summed E-state index contributed by atoms with van der Waals surface area (Å²) >= 11 is 0.